The number of hydrogen-bond donors (Lipinski definition) is 1. The molecule has 1 aromatic heterocycles. The SMILES string of the molecule is CN(C)[C@H](CNC(=O)Cc1cccs1)c1ccccc1Cl. The van der Waals surface area contributed by atoms with Crippen molar-refractivity contribution < 1.29 is 4.79 Å². The lowest BCUT2D eigenvalue weighted by Gasteiger charge is -2.26. The van der Waals surface area contributed by atoms with Crippen LogP contribution in [-0.4, -0.2) is 31.4 Å². The van der Waals surface area contributed by atoms with Gasteiger partial charge in [0.2, 0.25) is 5.91 Å². The van der Waals surface area contributed by atoms with Gasteiger partial charge in [0.1, 0.15) is 0 Å². The Morgan fingerprint density at radius 3 is 2.67 bits per heavy atom. The number of hydrogen-bond acceptors (Lipinski definition) is 3. The van der Waals surface area contributed by atoms with Gasteiger partial charge in [-0.15, -0.1) is 11.3 Å². The number of carbonyl (C=O) groups is 1. The summed E-state index contributed by atoms with van der Waals surface area (Å²) in [5.41, 5.74) is 1.03. The highest BCUT2D eigenvalue weighted by atomic mass is 35.5. The normalized spacial score (nSPS) is 12.4. The average molecular weight is 323 g/mol. The Balaban J connectivity index is 1.98. The van der Waals surface area contributed by atoms with Crippen LogP contribution in [0.15, 0.2) is 41.8 Å². The van der Waals surface area contributed by atoms with Crippen molar-refractivity contribution in [3.05, 3.63) is 57.2 Å². The van der Waals surface area contributed by atoms with Gasteiger partial charge >= 0.3 is 0 Å². The third-order valence-corrected chi connectivity index (χ3v) is 4.52. The summed E-state index contributed by atoms with van der Waals surface area (Å²) < 4.78 is 0. The predicted molar refractivity (Wildman–Crippen MR) is 88.9 cm³/mol. The van der Waals surface area contributed by atoms with Crippen LogP contribution in [0.5, 0.6) is 0 Å². The molecule has 0 fully saturated rings. The van der Waals surface area contributed by atoms with Crippen LogP contribution in [0.25, 0.3) is 0 Å². The fourth-order valence-corrected chi connectivity index (χ4v) is 3.13. The molecule has 1 atom stereocenters. The first-order valence-electron chi connectivity index (χ1n) is 6.78. The number of carbonyl (C=O) groups excluding carboxylic acids is 1. The number of rotatable bonds is 6. The zero-order valence-corrected chi connectivity index (χ0v) is 13.7. The molecule has 0 saturated heterocycles. The molecule has 3 nitrogen and oxygen atoms in total. The molecule has 1 amide bonds. The van der Waals surface area contributed by atoms with Crippen molar-refractivity contribution >= 4 is 28.8 Å². The minimum atomic E-state index is 0.0383. The van der Waals surface area contributed by atoms with Crippen LogP contribution in [0, 0.1) is 0 Å². The van der Waals surface area contributed by atoms with E-state index in [0.717, 1.165) is 15.5 Å². The summed E-state index contributed by atoms with van der Waals surface area (Å²) in [6, 6.07) is 11.7. The summed E-state index contributed by atoms with van der Waals surface area (Å²) >= 11 is 7.85. The monoisotopic (exact) mass is 322 g/mol. The largest absolute Gasteiger partial charge is 0.354 e. The molecule has 0 aliphatic heterocycles. The molecular formula is C16H19ClN2OS. The first kappa shape index (κ1) is 16.0. The Hall–Kier alpha value is -1.36. The maximum absolute atomic E-state index is 12.0. The molecule has 2 rings (SSSR count). The maximum atomic E-state index is 12.0. The number of likely N-dealkylation sites (N-methyl/N-ethyl adjacent to an activating group) is 1. The number of halogens is 1. The van der Waals surface area contributed by atoms with E-state index in [9.17, 15) is 4.79 Å². The molecule has 5 heteroatoms. The molecule has 0 unspecified atom stereocenters. The molecule has 0 bridgehead atoms. The Morgan fingerprint density at radius 1 is 1.29 bits per heavy atom. The van der Waals surface area contributed by atoms with Crippen molar-refractivity contribution in [3.8, 4) is 0 Å². The quantitative estimate of drug-likeness (QED) is 0.884. The van der Waals surface area contributed by atoms with Crippen molar-refractivity contribution in [1.29, 1.82) is 0 Å². The van der Waals surface area contributed by atoms with Gasteiger partial charge < -0.3 is 10.2 Å². The summed E-state index contributed by atoms with van der Waals surface area (Å²) in [7, 11) is 3.97. The highest BCUT2D eigenvalue weighted by Gasteiger charge is 2.17. The minimum Gasteiger partial charge on any atom is -0.354 e. The van der Waals surface area contributed by atoms with Crippen LogP contribution in [0.1, 0.15) is 16.5 Å². The molecule has 0 aliphatic carbocycles. The highest BCUT2D eigenvalue weighted by Crippen LogP contribution is 2.25. The van der Waals surface area contributed by atoms with Gasteiger partial charge in [-0.3, -0.25) is 4.79 Å². The van der Waals surface area contributed by atoms with E-state index in [2.05, 4.69) is 10.2 Å². The van der Waals surface area contributed by atoms with Gasteiger partial charge in [-0.25, -0.2) is 0 Å². The van der Waals surface area contributed by atoms with Crippen LogP contribution in [0.2, 0.25) is 5.02 Å². The lowest BCUT2D eigenvalue weighted by molar-refractivity contribution is -0.120. The summed E-state index contributed by atoms with van der Waals surface area (Å²) in [4.78, 5) is 15.1. The van der Waals surface area contributed by atoms with Gasteiger partial charge in [0.15, 0.2) is 0 Å². The Bertz CT molecular complexity index is 584. The van der Waals surface area contributed by atoms with E-state index < -0.39 is 0 Å². The van der Waals surface area contributed by atoms with E-state index in [4.69, 9.17) is 11.6 Å². The topological polar surface area (TPSA) is 32.3 Å². The van der Waals surface area contributed by atoms with E-state index in [1.807, 2.05) is 55.9 Å². The van der Waals surface area contributed by atoms with Gasteiger partial charge in [0.25, 0.3) is 0 Å². The Morgan fingerprint density at radius 2 is 2.05 bits per heavy atom. The third-order valence-electron chi connectivity index (χ3n) is 3.30. The molecule has 0 saturated carbocycles. The van der Waals surface area contributed by atoms with Crippen LogP contribution in [-0.2, 0) is 11.2 Å². The third kappa shape index (κ3) is 4.56. The fourth-order valence-electron chi connectivity index (χ4n) is 2.16. The van der Waals surface area contributed by atoms with Crippen molar-refractivity contribution in [2.75, 3.05) is 20.6 Å². The fraction of sp³-hybridized carbons (Fsp3) is 0.312. The second-order valence-electron chi connectivity index (χ2n) is 5.06. The van der Waals surface area contributed by atoms with Crippen molar-refractivity contribution in [1.82, 2.24) is 10.2 Å². The van der Waals surface area contributed by atoms with Crippen LogP contribution in [0.3, 0.4) is 0 Å². The zero-order chi connectivity index (χ0) is 15.2. The Labute approximate surface area is 134 Å². The second-order valence-corrected chi connectivity index (χ2v) is 6.50. The van der Waals surface area contributed by atoms with E-state index in [-0.39, 0.29) is 11.9 Å². The van der Waals surface area contributed by atoms with Crippen molar-refractivity contribution in [2.24, 2.45) is 0 Å². The number of benzene rings is 1. The van der Waals surface area contributed by atoms with Crippen molar-refractivity contribution in [3.63, 3.8) is 0 Å². The van der Waals surface area contributed by atoms with Crippen LogP contribution in [0.4, 0.5) is 0 Å². The molecule has 1 N–H and O–H groups in total. The Kier molecular flexibility index (Phi) is 5.79. The standard InChI is InChI=1S/C16H19ClN2OS/c1-19(2)15(13-7-3-4-8-14(13)17)11-18-16(20)10-12-6-5-9-21-12/h3-9,15H,10-11H2,1-2H3,(H,18,20)/t15-/m1/s1. The van der Waals surface area contributed by atoms with Crippen LogP contribution >= 0.6 is 22.9 Å². The molecule has 0 spiro atoms. The number of nitrogens with one attached hydrogen (secondary N) is 1. The molecule has 1 aromatic carbocycles. The van der Waals surface area contributed by atoms with Gasteiger partial charge in [-0.1, -0.05) is 35.9 Å². The zero-order valence-electron chi connectivity index (χ0n) is 12.2. The maximum Gasteiger partial charge on any atom is 0.225 e. The molecule has 112 valence electrons. The minimum absolute atomic E-state index is 0.0383. The van der Waals surface area contributed by atoms with Gasteiger partial charge in [0, 0.05) is 16.4 Å². The molecule has 0 aliphatic rings. The molecule has 1 heterocycles. The van der Waals surface area contributed by atoms with Gasteiger partial charge in [-0.2, -0.15) is 0 Å². The van der Waals surface area contributed by atoms with E-state index >= 15 is 0 Å². The molecular weight excluding hydrogens is 304 g/mol. The van der Waals surface area contributed by atoms with E-state index in [1.165, 1.54) is 0 Å². The average Bonchev–Trinajstić information content (AvgIpc) is 2.93. The van der Waals surface area contributed by atoms with Gasteiger partial charge in [-0.05, 0) is 37.2 Å². The lowest BCUT2D eigenvalue weighted by Crippen LogP contribution is -2.35. The summed E-state index contributed by atoms with van der Waals surface area (Å²) in [6.07, 6.45) is 0.431. The van der Waals surface area contributed by atoms with E-state index in [1.54, 1.807) is 11.3 Å². The van der Waals surface area contributed by atoms with Crippen molar-refractivity contribution in [2.45, 2.75) is 12.5 Å². The first-order valence-corrected chi connectivity index (χ1v) is 8.03. The summed E-state index contributed by atoms with van der Waals surface area (Å²) in [6.45, 7) is 0.543. The predicted octanol–water partition coefficient (Wildman–Crippen LogP) is 3.36. The summed E-state index contributed by atoms with van der Waals surface area (Å²) in [5.74, 6) is 0.0383. The first-order chi connectivity index (χ1) is 10.1. The van der Waals surface area contributed by atoms with Gasteiger partial charge in [0.05, 0.1) is 12.5 Å². The number of thiophene rings is 1. The molecule has 0 radical (unpaired) electrons. The molecule has 2 aromatic rings. The smallest absolute Gasteiger partial charge is 0.225 e. The number of nitrogens with zero attached hydrogens (tertiary/aromatic N) is 1. The van der Waals surface area contributed by atoms with Crippen LogP contribution < -0.4 is 5.32 Å². The molecule has 21 heavy (non-hydrogen) atoms. The number of amides is 1. The lowest BCUT2D eigenvalue weighted by atomic mass is 10.1. The highest BCUT2D eigenvalue weighted by molar-refractivity contribution is 7.10. The summed E-state index contributed by atoms with van der Waals surface area (Å²) in [5, 5.41) is 5.70. The second kappa shape index (κ2) is 7.59. The van der Waals surface area contributed by atoms with E-state index in [0.29, 0.717) is 13.0 Å².